The lowest BCUT2D eigenvalue weighted by Crippen LogP contribution is -2.39. The molecule has 0 saturated carbocycles. The number of nitrogens with one attached hydrogen (secondary N) is 1. The van der Waals surface area contributed by atoms with Crippen molar-refractivity contribution >= 4 is 35.2 Å². The molecule has 3 rings (SSSR count). The standard InChI is InChI=1S/C27H31ClN4O4/c1-3-5-17-31(26(34)15-16-27(35)36-4-2)19-25(33)29-24-18-23(20-9-7-6-8-10-20)30-32(24)22-13-11-21(28)12-14-22/h6-14,18H,3-5,15-17,19H2,1-2H3,(H,29,33). The summed E-state index contributed by atoms with van der Waals surface area (Å²) < 4.78 is 6.54. The highest BCUT2D eigenvalue weighted by atomic mass is 35.5. The zero-order valence-electron chi connectivity index (χ0n) is 20.6. The van der Waals surface area contributed by atoms with Gasteiger partial charge in [-0.25, -0.2) is 4.68 Å². The SMILES string of the molecule is CCCCN(CC(=O)Nc1cc(-c2ccccc2)nn1-c1ccc(Cl)cc1)C(=O)CCC(=O)OCC. The van der Waals surface area contributed by atoms with Gasteiger partial charge in [0.1, 0.15) is 5.82 Å². The zero-order chi connectivity index (χ0) is 25.9. The summed E-state index contributed by atoms with van der Waals surface area (Å²) >= 11 is 6.05. The van der Waals surface area contributed by atoms with Gasteiger partial charge in [0.25, 0.3) is 0 Å². The van der Waals surface area contributed by atoms with Crippen LogP contribution in [0.4, 0.5) is 5.82 Å². The molecule has 0 aliphatic heterocycles. The minimum atomic E-state index is -0.425. The van der Waals surface area contributed by atoms with Gasteiger partial charge in [0.15, 0.2) is 0 Å². The number of nitrogens with zero attached hydrogens (tertiary/aromatic N) is 3. The number of halogens is 1. The highest BCUT2D eigenvalue weighted by molar-refractivity contribution is 6.30. The van der Waals surface area contributed by atoms with Gasteiger partial charge in [-0.1, -0.05) is 55.3 Å². The minimum Gasteiger partial charge on any atom is -0.466 e. The number of aromatic nitrogens is 2. The molecule has 0 bridgehead atoms. The predicted molar refractivity (Wildman–Crippen MR) is 140 cm³/mol. The van der Waals surface area contributed by atoms with Crippen LogP contribution >= 0.6 is 11.6 Å². The molecule has 0 unspecified atom stereocenters. The van der Waals surface area contributed by atoms with Crippen LogP contribution in [0.3, 0.4) is 0 Å². The van der Waals surface area contributed by atoms with Crippen LogP contribution in [0.5, 0.6) is 0 Å². The third kappa shape index (κ3) is 7.68. The molecule has 0 spiro atoms. The Balaban J connectivity index is 1.79. The third-order valence-corrected chi connectivity index (χ3v) is 5.69. The maximum absolute atomic E-state index is 13.1. The first-order valence-electron chi connectivity index (χ1n) is 12.1. The molecule has 0 fully saturated rings. The summed E-state index contributed by atoms with van der Waals surface area (Å²) in [5, 5.41) is 8.18. The number of ether oxygens (including phenoxy) is 1. The topological polar surface area (TPSA) is 93.5 Å². The fourth-order valence-corrected chi connectivity index (χ4v) is 3.72. The Morgan fingerprint density at radius 2 is 1.75 bits per heavy atom. The molecular formula is C27H31ClN4O4. The van der Waals surface area contributed by atoms with Gasteiger partial charge in [0.2, 0.25) is 11.8 Å². The van der Waals surface area contributed by atoms with E-state index in [0.29, 0.717) is 23.1 Å². The summed E-state index contributed by atoms with van der Waals surface area (Å²) in [6.07, 6.45) is 1.60. The molecule has 9 heteroatoms. The number of unbranched alkanes of at least 4 members (excludes halogenated alkanes) is 1. The number of benzene rings is 2. The first-order chi connectivity index (χ1) is 17.4. The second-order valence-corrected chi connectivity index (χ2v) is 8.63. The molecule has 0 saturated heterocycles. The number of hydrogen-bond acceptors (Lipinski definition) is 5. The summed E-state index contributed by atoms with van der Waals surface area (Å²) in [6.45, 7) is 4.29. The molecule has 1 heterocycles. The Labute approximate surface area is 216 Å². The van der Waals surface area contributed by atoms with Gasteiger partial charge < -0.3 is 15.0 Å². The third-order valence-electron chi connectivity index (χ3n) is 5.43. The van der Waals surface area contributed by atoms with Gasteiger partial charge in [-0.05, 0) is 37.6 Å². The van der Waals surface area contributed by atoms with Crippen molar-refractivity contribution < 1.29 is 19.1 Å². The lowest BCUT2D eigenvalue weighted by Gasteiger charge is -2.22. The number of rotatable bonds is 12. The molecule has 1 N–H and O–H groups in total. The minimum absolute atomic E-state index is 0.00328. The molecule has 2 amide bonds. The lowest BCUT2D eigenvalue weighted by molar-refractivity contribution is -0.145. The second kappa shape index (κ2) is 13.4. The Bertz CT molecular complexity index is 1160. The van der Waals surface area contributed by atoms with Crippen LogP contribution in [0, 0.1) is 0 Å². The van der Waals surface area contributed by atoms with Crippen LogP contribution < -0.4 is 5.32 Å². The maximum atomic E-state index is 13.1. The van der Waals surface area contributed by atoms with E-state index < -0.39 is 5.97 Å². The van der Waals surface area contributed by atoms with Crippen LogP contribution in [0.15, 0.2) is 60.7 Å². The zero-order valence-corrected chi connectivity index (χ0v) is 21.3. The highest BCUT2D eigenvalue weighted by Crippen LogP contribution is 2.25. The van der Waals surface area contributed by atoms with E-state index in [-0.39, 0.29) is 37.8 Å². The summed E-state index contributed by atoms with van der Waals surface area (Å²) in [5.74, 6) is -0.574. The van der Waals surface area contributed by atoms with Gasteiger partial charge >= 0.3 is 5.97 Å². The molecule has 0 radical (unpaired) electrons. The molecule has 8 nitrogen and oxygen atoms in total. The van der Waals surface area contributed by atoms with Gasteiger partial charge in [-0.15, -0.1) is 0 Å². The van der Waals surface area contributed by atoms with Crippen molar-refractivity contribution in [3.63, 3.8) is 0 Å². The van der Waals surface area contributed by atoms with Crippen molar-refractivity contribution in [3.8, 4) is 16.9 Å². The van der Waals surface area contributed by atoms with Crippen molar-refractivity contribution in [2.75, 3.05) is 25.0 Å². The monoisotopic (exact) mass is 510 g/mol. The Morgan fingerprint density at radius 1 is 1.03 bits per heavy atom. The fourth-order valence-electron chi connectivity index (χ4n) is 3.60. The summed E-state index contributed by atoms with van der Waals surface area (Å²) in [5.41, 5.74) is 2.32. The van der Waals surface area contributed by atoms with E-state index in [9.17, 15) is 14.4 Å². The molecule has 3 aromatic rings. The number of anilines is 1. The average Bonchev–Trinajstić information content (AvgIpc) is 3.29. The first-order valence-corrected chi connectivity index (χ1v) is 12.4. The largest absolute Gasteiger partial charge is 0.466 e. The van der Waals surface area contributed by atoms with Gasteiger partial charge in [0.05, 0.1) is 31.0 Å². The van der Waals surface area contributed by atoms with Crippen molar-refractivity contribution in [2.45, 2.75) is 39.5 Å². The van der Waals surface area contributed by atoms with E-state index in [1.807, 2.05) is 49.4 Å². The number of esters is 1. The van der Waals surface area contributed by atoms with Crippen molar-refractivity contribution in [3.05, 3.63) is 65.7 Å². The Hall–Kier alpha value is -3.65. The Morgan fingerprint density at radius 3 is 2.42 bits per heavy atom. The van der Waals surface area contributed by atoms with E-state index >= 15 is 0 Å². The first kappa shape index (κ1) is 26.9. The summed E-state index contributed by atoms with van der Waals surface area (Å²) in [6, 6.07) is 18.6. The molecule has 2 aromatic carbocycles. The number of carbonyl (C=O) groups excluding carboxylic acids is 3. The van der Waals surface area contributed by atoms with Crippen LogP contribution in [0.2, 0.25) is 5.02 Å². The van der Waals surface area contributed by atoms with Crippen LogP contribution in [0.1, 0.15) is 39.5 Å². The molecule has 190 valence electrons. The van der Waals surface area contributed by atoms with E-state index in [1.54, 1.807) is 29.8 Å². The van der Waals surface area contributed by atoms with Gasteiger partial charge in [0, 0.05) is 29.6 Å². The highest BCUT2D eigenvalue weighted by Gasteiger charge is 2.20. The van der Waals surface area contributed by atoms with Crippen LogP contribution in [-0.2, 0) is 19.1 Å². The van der Waals surface area contributed by atoms with E-state index in [1.165, 1.54) is 4.90 Å². The van der Waals surface area contributed by atoms with Crippen molar-refractivity contribution in [1.29, 1.82) is 0 Å². The van der Waals surface area contributed by atoms with E-state index in [2.05, 4.69) is 5.32 Å². The maximum Gasteiger partial charge on any atom is 0.306 e. The molecule has 36 heavy (non-hydrogen) atoms. The quantitative estimate of drug-likeness (QED) is 0.342. The van der Waals surface area contributed by atoms with E-state index in [4.69, 9.17) is 21.4 Å². The molecule has 0 atom stereocenters. The van der Waals surface area contributed by atoms with Gasteiger partial charge in [-0.3, -0.25) is 14.4 Å². The van der Waals surface area contributed by atoms with Crippen molar-refractivity contribution in [2.24, 2.45) is 0 Å². The molecule has 1 aromatic heterocycles. The predicted octanol–water partition coefficient (Wildman–Crippen LogP) is 5.10. The normalized spacial score (nSPS) is 10.6. The number of carbonyl (C=O) groups is 3. The average molecular weight is 511 g/mol. The van der Waals surface area contributed by atoms with Crippen LogP contribution in [0.25, 0.3) is 16.9 Å². The summed E-state index contributed by atoms with van der Waals surface area (Å²) in [7, 11) is 0. The molecular weight excluding hydrogens is 480 g/mol. The smallest absolute Gasteiger partial charge is 0.306 e. The van der Waals surface area contributed by atoms with Crippen LogP contribution in [-0.4, -0.2) is 52.2 Å². The second-order valence-electron chi connectivity index (χ2n) is 8.19. The fraction of sp³-hybridized carbons (Fsp3) is 0.333. The lowest BCUT2D eigenvalue weighted by atomic mass is 10.1. The number of amides is 2. The van der Waals surface area contributed by atoms with Gasteiger partial charge in [-0.2, -0.15) is 5.10 Å². The molecule has 0 aliphatic carbocycles. The summed E-state index contributed by atoms with van der Waals surface area (Å²) in [4.78, 5) is 39.0. The van der Waals surface area contributed by atoms with E-state index in [0.717, 1.165) is 24.1 Å². The number of hydrogen-bond donors (Lipinski definition) is 1. The van der Waals surface area contributed by atoms with Crippen molar-refractivity contribution in [1.82, 2.24) is 14.7 Å². The molecule has 0 aliphatic rings. The Kier molecular flexibility index (Phi) is 10.1.